The van der Waals surface area contributed by atoms with Crippen molar-refractivity contribution in [3.8, 4) is 11.5 Å². The first kappa shape index (κ1) is 106. The van der Waals surface area contributed by atoms with Crippen LogP contribution in [0.3, 0.4) is 0 Å². The number of aromatic amines is 1. The number of hydrogen-bond donors (Lipinski definition) is 15. The van der Waals surface area contributed by atoms with Gasteiger partial charge in [-0.05, 0) is 94.1 Å². The van der Waals surface area contributed by atoms with Crippen LogP contribution in [0.15, 0.2) is 152 Å². The third kappa shape index (κ3) is 29.0. The van der Waals surface area contributed by atoms with Gasteiger partial charge in [-0.15, -0.1) is 11.8 Å². The number of carboxylic acid groups (broad SMARTS) is 1. The highest BCUT2D eigenvalue weighted by atomic mass is 32.2. The number of fused-ring (bicyclic) bond motifs is 3. The Hall–Kier alpha value is -14.0. The lowest BCUT2D eigenvalue weighted by Gasteiger charge is -2.38. The Morgan fingerprint density at radius 2 is 1.04 bits per heavy atom. The van der Waals surface area contributed by atoms with Crippen molar-refractivity contribution in [3.05, 3.63) is 203 Å². The van der Waals surface area contributed by atoms with Gasteiger partial charge in [0.05, 0.1) is 38.0 Å². The number of amides is 15. The van der Waals surface area contributed by atoms with E-state index in [0.29, 0.717) is 62.6 Å². The first-order chi connectivity index (χ1) is 65.7. The van der Waals surface area contributed by atoms with Crippen molar-refractivity contribution in [2.75, 3.05) is 79.2 Å². The van der Waals surface area contributed by atoms with Gasteiger partial charge in [-0.2, -0.15) is 0 Å². The number of nitrogens with two attached hydrogens (primary N) is 1. The fraction of sp³-hybridized carbons (Fsp3) is 0.438. The SMILES string of the molecule is COCC[C@H]1C(=O)N2C[C@@H](O)C[C@@H]2C(=O)N[C@@H](CC(=O)O)C(=O)N[C@@H](C(C)C)C(=O)N(C)[C@@H](Cc2ccccc2)C(=O)N[C@@H](Cc2ccc(O)cc2)C(=O)N2CCOC[C@@H]2C(=O)N[C@H](Cc2c[nH]c3ccccc23)C(=O)N[C@@H](Cc2ccc(O)cc2)C(=O)N[C@@H](CC(C)C)C(=O)N[C@H](C(=O)NCC(N)=O)CSCC(=O)N[C@@H](Cc2cc(F)c(F)c(F)c2)C(=O)N(C)[C@@H](Cc2ccccc2)C(=O)N1C. The Labute approximate surface area is 797 Å². The zero-order chi connectivity index (χ0) is 100. The number of phenolic OH excluding ortho intramolecular Hbond substituents is 2. The number of aliphatic carboxylic acids is 1. The van der Waals surface area contributed by atoms with Gasteiger partial charge in [0.25, 0.3) is 0 Å². The van der Waals surface area contributed by atoms with Gasteiger partial charge in [-0.1, -0.05) is 131 Å². The molecule has 16 N–H and O–H groups in total. The van der Waals surface area contributed by atoms with E-state index < -0.39 is 265 Å². The van der Waals surface area contributed by atoms with E-state index in [4.69, 9.17) is 15.2 Å². The monoisotopic (exact) mass is 1930 g/mol. The largest absolute Gasteiger partial charge is 0.508 e. The Balaban J connectivity index is 1.07. The smallest absolute Gasteiger partial charge is 0.305 e. The number of rotatable bonds is 23. The number of nitrogens with zero attached hydrogens (tertiary/aromatic N) is 5. The first-order valence-corrected chi connectivity index (χ1v) is 46.1. The zero-order valence-electron chi connectivity index (χ0n) is 77.4. The number of likely N-dealkylation sites (N-methyl/N-ethyl adjacent to an activating group) is 3. The number of nitrogens with one attached hydrogen (secondary N) is 10. The predicted octanol–water partition coefficient (Wildman–Crippen LogP) is 0.863. The Kier molecular flexibility index (Phi) is 38.2. The number of thioether (sulfide) groups is 1. The second kappa shape index (κ2) is 49.7. The number of aromatic hydroxyl groups is 2. The molecule has 0 spiro atoms. The number of para-hydroxylation sites is 1. The summed E-state index contributed by atoms with van der Waals surface area (Å²) in [7, 11) is 4.83. The normalized spacial score (nSPS) is 23.8. The lowest BCUT2D eigenvalue weighted by Crippen LogP contribution is -2.64. The molecule has 138 heavy (non-hydrogen) atoms. The van der Waals surface area contributed by atoms with Crippen molar-refractivity contribution >= 4 is 117 Å². The molecule has 3 aliphatic rings. The molecule has 0 aliphatic carbocycles. The molecule has 1 aromatic heterocycles. The molecule has 0 saturated carbocycles. The van der Waals surface area contributed by atoms with Crippen molar-refractivity contribution in [3.63, 3.8) is 0 Å². The highest BCUT2D eigenvalue weighted by Crippen LogP contribution is 2.28. The van der Waals surface area contributed by atoms with Crippen molar-refractivity contribution in [1.82, 2.24) is 77.3 Å². The average Bonchev–Trinajstić information content (AvgIpc) is 1.73. The summed E-state index contributed by atoms with van der Waals surface area (Å²) in [6.07, 6.45) is -4.63. The second-order valence-electron chi connectivity index (χ2n) is 35.1. The third-order valence-electron chi connectivity index (χ3n) is 24.1. The van der Waals surface area contributed by atoms with Crippen LogP contribution in [0, 0.1) is 29.3 Å². The maximum absolute atomic E-state index is 15.9. The molecule has 10 rings (SSSR count). The number of carbonyl (C=O) groups excluding carboxylic acids is 15. The van der Waals surface area contributed by atoms with E-state index in [9.17, 15) is 53.6 Å². The number of methoxy groups -OCH3 is 1. The summed E-state index contributed by atoms with van der Waals surface area (Å²) in [6.45, 7) is 3.74. The maximum Gasteiger partial charge on any atom is 0.305 e. The van der Waals surface area contributed by atoms with Crippen LogP contribution >= 0.6 is 11.8 Å². The fourth-order valence-electron chi connectivity index (χ4n) is 16.6. The van der Waals surface area contributed by atoms with Crippen LogP contribution in [-0.2, 0) is 125 Å². The molecule has 14 atom stereocenters. The standard InChI is InChI=1S/C96H117F3N16O22S/c1-52(2)35-67-85(124)109-73(84(123)102-47-79(100)119)50-138-51-80(120)103-71(40-58-36-64(97)82(99)65(98)37-58)92(131)113(7)77(42-55-19-13-10-14-20-55)94(133)111(5)74(31-33-136-8)95(134)115-48-62(118)44-76(115)90(129)107-70(45-81(121)122)88(127)110-83(53(3)4)96(135)112(6)75(41-54-17-11-9-12-18-54)89(128)108-72(39-57-25-29-61(117)30-26-57)93(132)114-32-34-137-49-78(114)91(130)106-69(43-59-46-101-66-22-16-15-21-63(59)66)87(126)105-68(86(125)104-67)38-56-23-27-60(116)28-24-56/h9-30,36-37,46,52-53,62,67-78,83,101,116-118H,31-35,38-45,47-51H2,1-8H3,(H2,100,119)(H,102,123)(H,103,120)(H,104,125)(H,105,126)(H,106,130)(H,107,129)(H,108,128)(H,109,124)(H,110,127)(H,121,122)/t62-,67-,68-,69+,70-,71-,72-,73-,74-,75-,76+,77-,78+,83-/m0/s1. The highest BCUT2D eigenvalue weighted by molar-refractivity contribution is 8.00. The van der Waals surface area contributed by atoms with E-state index in [1.807, 2.05) is 0 Å². The summed E-state index contributed by atoms with van der Waals surface area (Å²) < 4.78 is 56.5. The number of H-pyrrole nitrogens is 1. The average molecular weight is 1940 g/mol. The van der Waals surface area contributed by atoms with Gasteiger partial charge < -0.3 is 113 Å². The molecule has 3 fully saturated rings. The summed E-state index contributed by atoms with van der Waals surface area (Å²) in [5, 5.41) is 66.8. The fourth-order valence-corrected chi connectivity index (χ4v) is 17.5. The van der Waals surface area contributed by atoms with E-state index in [1.54, 1.807) is 105 Å². The minimum Gasteiger partial charge on any atom is -0.508 e. The predicted molar refractivity (Wildman–Crippen MR) is 496 cm³/mol. The number of primary amides is 1. The van der Waals surface area contributed by atoms with Crippen LogP contribution in [0.2, 0.25) is 0 Å². The molecule has 740 valence electrons. The van der Waals surface area contributed by atoms with E-state index in [0.717, 1.165) is 31.5 Å². The number of carbonyl (C=O) groups is 16. The molecule has 3 saturated heterocycles. The molecular formula is C96H117F3N16O22S. The van der Waals surface area contributed by atoms with Gasteiger partial charge in [0.2, 0.25) is 88.6 Å². The minimum absolute atomic E-state index is 0.169. The lowest BCUT2D eigenvalue weighted by atomic mass is 9.98. The zero-order valence-corrected chi connectivity index (χ0v) is 78.2. The molecular weight excluding hydrogens is 1820 g/mol. The Morgan fingerprint density at radius 3 is 1.64 bits per heavy atom. The van der Waals surface area contributed by atoms with Crippen molar-refractivity contribution in [1.29, 1.82) is 0 Å². The molecule has 38 nitrogen and oxygen atoms in total. The van der Waals surface area contributed by atoms with Crippen molar-refractivity contribution < 1.29 is 120 Å². The van der Waals surface area contributed by atoms with Crippen molar-refractivity contribution in [2.24, 2.45) is 17.6 Å². The molecule has 42 heteroatoms. The quantitative estimate of drug-likeness (QED) is 0.0395. The molecule has 6 aromatic carbocycles. The van der Waals surface area contributed by atoms with Gasteiger partial charge >= 0.3 is 5.97 Å². The minimum atomic E-state index is -2.07. The Morgan fingerprint density at radius 1 is 0.536 bits per heavy atom. The summed E-state index contributed by atoms with van der Waals surface area (Å²) >= 11 is 0.646. The topological polar surface area (TPSA) is 539 Å². The number of benzene rings is 6. The lowest BCUT2D eigenvalue weighted by molar-refractivity contribution is -0.153. The number of morpholine rings is 1. The Bertz CT molecular complexity index is 5510. The van der Waals surface area contributed by atoms with Gasteiger partial charge in [0, 0.05) is 122 Å². The van der Waals surface area contributed by atoms with E-state index in [-0.39, 0.29) is 76.2 Å². The molecule has 0 radical (unpaired) electrons. The summed E-state index contributed by atoms with van der Waals surface area (Å²) in [5.74, 6) is -25.6. The van der Waals surface area contributed by atoms with Crippen LogP contribution < -0.4 is 53.6 Å². The van der Waals surface area contributed by atoms with Crippen LogP contribution in [0.1, 0.15) is 86.8 Å². The summed E-state index contributed by atoms with van der Waals surface area (Å²) in [5.41, 5.74) is 7.69. The number of aromatic nitrogens is 1. The van der Waals surface area contributed by atoms with Gasteiger partial charge in [-0.3, -0.25) is 76.7 Å². The number of aliphatic hydroxyl groups excluding tert-OH is 1. The molecule has 3 aliphatic heterocycles. The number of carboxylic acids is 1. The summed E-state index contributed by atoms with van der Waals surface area (Å²) in [4.78, 5) is 247. The first-order valence-electron chi connectivity index (χ1n) is 44.9. The highest BCUT2D eigenvalue weighted by Gasteiger charge is 2.48. The van der Waals surface area contributed by atoms with E-state index in [1.165, 1.54) is 83.6 Å². The molecule has 15 amide bonds. The number of halogens is 3. The van der Waals surface area contributed by atoms with Gasteiger partial charge in [0.1, 0.15) is 90.0 Å². The van der Waals surface area contributed by atoms with Crippen LogP contribution in [0.5, 0.6) is 11.5 Å². The number of hydrogen-bond acceptors (Lipinski definition) is 22. The molecule has 7 aromatic rings. The number of phenols is 2. The molecule has 0 bridgehead atoms. The van der Waals surface area contributed by atoms with Gasteiger partial charge in [-0.25, -0.2) is 13.2 Å². The van der Waals surface area contributed by atoms with Crippen molar-refractivity contribution in [2.45, 2.75) is 177 Å². The van der Waals surface area contributed by atoms with Crippen LogP contribution in [0.4, 0.5) is 13.2 Å². The molecule has 4 heterocycles. The third-order valence-corrected chi connectivity index (χ3v) is 25.1. The maximum atomic E-state index is 15.9. The van der Waals surface area contributed by atoms with Crippen LogP contribution in [0.25, 0.3) is 10.9 Å². The number of ether oxygens (including phenoxy) is 2. The number of aliphatic hydroxyl groups is 1. The summed E-state index contributed by atoms with van der Waals surface area (Å²) in [6, 6.07) is 13.2. The van der Waals surface area contributed by atoms with E-state index in [2.05, 4.69) is 52.8 Å². The van der Waals surface area contributed by atoms with E-state index >= 15 is 56.7 Å². The second-order valence-corrected chi connectivity index (χ2v) is 36.1. The van der Waals surface area contributed by atoms with Gasteiger partial charge in [0.15, 0.2) is 17.5 Å². The van der Waals surface area contributed by atoms with Crippen LogP contribution in [-0.4, -0.2) is 308 Å². The molecule has 0 unspecified atom stereocenters.